The Morgan fingerprint density at radius 2 is 1.66 bits per heavy atom. The van der Waals surface area contributed by atoms with Crippen molar-refractivity contribution in [1.82, 2.24) is 0 Å². The van der Waals surface area contributed by atoms with E-state index in [1.807, 2.05) is 25.1 Å². The van der Waals surface area contributed by atoms with Gasteiger partial charge in [-0.15, -0.1) is 0 Å². The van der Waals surface area contributed by atoms with E-state index in [1.165, 1.54) is 0 Å². The van der Waals surface area contributed by atoms with Gasteiger partial charge in [0.15, 0.2) is 11.5 Å². The highest BCUT2D eigenvalue weighted by Crippen LogP contribution is 2.32. The molecule has 7 nitrogen and oxygen atoms in total. The molecule has 0 fully saturated rings. The maximum Gasteiger partial charge on any atom is 0.352 e. The third kappa shape index (κ3) is 4.83. The van der Waals surface area contributed by atoms with Crippen LogP contribution in [0.2, 0.25) is 0 Å². The number of fused-ring (bicyclic) bond motifs is 1. The van der Waals surface area contributed by atoms with E-state index in [-0.39, 0.29) is 6.61 Å². The number of carbonyl (C=O) groups excluding carboxylic acids is 2. The first-order valence-corrected chi connectivity index (χ1v) is 10.3. The summed E-state index contributed by atoms with van der Waals surface area (Å²) in [7, 11) is 0. The number of anilines is 1. The van der Waals surface area contributed by atoms with Gasteiger partial charge >= 0.3 is 5.97 Å². The lowest BCUT2D eigenvalue weighted by Crippen LogP contribution is -2.39. The molecule has 0 saturated carbocycles. The zero-order chi connectivity index (χ0) is 22.3. The van der Waals surface area contributed by atoms with Gasteiger partial charge in [0, 0.05) is 5.56 Å². The first-order valence-electron chi connectivity index (χ1n) is 10.3. The lowest BCUT2D eigenvalue weighted by Gasteiger charge is -2.26. The van der Waals surface area contributed by atoms with Crippen molar-refractivity contribution >= 4 is 17.6 Å². The Bertz CT molecular complexity index is 1080. The van der Waals surface area contributed by atoms with Crippen molar-refractivity contribution in [2.45, 2.75) is 19.1 Å². The van der Waals surface area contributed by atoms with Crippen molar-refractivity contribution in [3.05, 3.63) is 84.4 Å². The number of hydrogen-bond acceptors (Lipinski definition) is 6. The van der Waals surface area contributed by atoms with Gasteiger partial charge in [-0.2, -0.15) is 0 Å². The number of hydrogen-bond donors (Lipinski definition) is 1. The molecule has 1 amide bonds. The molecule has 0 radical (unpaired) electrons. The fraction of sp³-hybridized carbons (Fsp3) is 0.200. The van der Waals surface area contributed by atoms with Crippen molar-refractivity contribution in [3.8, 4) is 17.2 Å². The zero-order valence-corrected chi connectivity index (χ0v) is 17.5. The minimum atomic E-state index is -1.18. The fourth-order valence-electron chi connectivity index (χ4n) is 3.28. The summed E-state index contributed by atoms with van der Waals surface area (Å²) in [5, 5.41) is 2.80. The van der Waals surface area contributed by atoms with Gasteiger partial charge in [0.25, 0.3) is 5.91 Å². The van der Waals surface area contributed by atoms with Crippen LogP contribution in [0.5, 0.6) is 17.2 Å². The van der Waals surface area contributed by atoms with Gasteiger partial charge in [-0.05, 0) is 31.2 Å². The van der Waals surface area contributed by atoms with E-state index < -0.39 is 24.1 Å². The standard InChI is InChI=1S/C25H23NO6/c1-2-29-19-13-7-6-12-18(19)26-24(27)23(17-10-4-3-5-11-17)32-25(28)22-16-30-20-14-8-9-15-21(20)31-22/h3-15,22-23H,2,16H2,1H3,(H,26,27). The minimum absolute atomic E-state index is 0.00779. The minimum Gasteiger partial charge on any atom is -0.492 e. The van der Waals surface area contributed by atoms with Crippen molar-refractivity contribution in [2.75, 3.05) is 18.5 Å². The number of rotatable bonds is 7. The van der Waals surface area contributed by atoms with Crippen LogP contribution in [0.3, 0.4) is 0 Å². The van der Waals surface area contributed by atoms with Crippen LogP contribution in [0.15, 0.2) is 78.9 Å². The molecule has 32 heavy (non-hydrogen) atoms. The van der Waals surface area contributed by atoms with Crippen molar-refractivity contribution in [3.63, 3.8) is 0 Å². The maximum atomic E-state index is 13.2. The third-order valence-electron chi connectivity index (χ3n) is 4.79. The molecule has 1 aliphatic heterocycles. The highest BCUT2D eigenvalue weighted by atomic mass is 16.6. The summed E-state index contributed by atoms with van der Waals surface area (Å²) in [4.78, 5) is 26.1. The molecule has 7 heteroatoms. The predicted octanol–water partition coefficient (Wildman–Crippen LogP) is 4.15. The van der Waals surface area contributed by atoms with Crippen LogP contribution in [-0.4, -0.2) is 31.2 Å². The summed E-state index contributed by atoms with van der Waals surface area (Å²) < 4.78 is 22.5. The fourth-order valence-corrected chi connectivity index (χ4v) is 3.28. The predicted molar refractivity (Wildman–Crippen MR) is 118 cm³/mol. The number of esters is 1. The molecule has 0 bridgehead atoms. The normalized spacial score (nSPS) is 15.3. The molecule has 3 aromatic carbocycles. The van der Waals surface area contributed by atoms with Gasteiger partial charge in [0.05, 0.1) is 12.3 Å². The first kappa shape index (κ1) is 21.2. The highest BCUT2D eigenvalue weighted by molar-refractivity contribution is 5.97. The van der Waals surface area contributed by atoms with Gasteiger partial charge in [-0.3, -0.25) is 4.79 Å². The third-order valence-corrected chi connectivity index (χ3v) is 4.79. The average molecular weight is 433 g/mol. The molecule has 1 heterocycles. The number of carbonyl (C=O) groups is 2. The monoisotopic (exact) mass is 433 g/mol. The Morgan fingerprint density at radius 1 is 0.969 bits per heavy atom. The molecule has 3 aromatic rings. The number of nitrogens with one attached hydrogen (secondary N) is 1. The summed E-state index contributed by atoms with van der Waals surface area (Å²) in [6.07, 6.45) is -2.17. The zero-order valence-electron chi connectivity index (χ0n) is 17.5. The smallest absolute Gasteiger partial charge is 0.352 e. The highest BCUT2D eigenvalue weighted by Gasteiger charge is 2.33. The molecular weight excluding hydrogens is 410 g/mol. The number of para-hydroxylation sites is 4. The molecule has 2 unspecified atom stereocenters. The number of amides is 1. The van der Waals surface area contributed by atoms with Crippen molar-refractivity contribution < 1.29 is 28.5 Å². The van der Waals surface area contributed by atoms with E-state index in [0.717, 1.165) is 0 Å². The summed E-state index contributed by atoms with van der Waals surface area (Å²) in [5.41, 5.74) is 1.02. The van der Waals surface area contributed by atoms with Gasteiger partial charge in [-0.1, -0.05) is 54.6 Å². The second-order valence-corrected chi connectivity index (χ2v) is 7.01. The molecule has 0 aliphatic carbocycles. The Balaban J connectivity index is 1.53. The van der Waals surface area contributed by atoms with E-state index in [4.69, 9.17) is 18.9 Å². The van der Waals surface area contributed by atoms with Crippen LogP contribution in [0.25, 0.3) is 0 Å². The Labute approximate surface area is 185 Å². The van der Waals surface area contributed by atoms with E-state index in [2.05, 4.69) is 5.32 Å². The quantitative estimate of drug-likeness (QED) is 0.564. The first-order chi connectivity index (χ1) is 15.7. The van der Waals surface area contributed by atoms with Crippen LogP contribution in [0.4, 0.5) is 5.69 Å². The molecule has 0 aromatic heterocycles. The van der Waals surface area contributed by atoms with Crippen LogP contribution in [-0.2, 0) is 14.3 Å². The molecule has 1 aliphatic rings. The van der Waals surface area contributed by atoms with E-state index in [9.17, 15) is 9.59 Å². The van der Waals surface area contributed by atoms with Crippen LogP contribution in [0, 0.1) is 0 Å². The van der Waals surface area contributed by atoms with E-state index in [1.54, 1.807) is 60.7 Å². The van der Waals surface area contributed by atoms with E-state index in [0.29, 0.717) is 35.1 Å². The summed E-state index contributed by atoms with van der Waals surface area (Å²) in [5.74, 6) is 0.339. The molecule has 1 N–H and O–H groups in total. The van der Waals surface area contributed by atoms with Crippen LogP contribution >= 0.6 is 0 Å². The average Bonchev–Trinajstić information content (AvgIpc) is 2.84. The van der Waals surface area contributed by atoms with Crippen molar-refractivity contribution in [1.29, 1.82) is 0 Å². The van der Waals surface area contributed by atoms with Gasteiger partial charge in [0.1, 0.15) is 12.4 Å². The lowest BCUT2D eigenvalue weighted by atomic mass is 10.1. The molecule has 4 rings (SSSR count). The Morgan fingerprint density at radius 3 is 2.44 bits per heavy atom. The summed E-state index contributed by atoms with van der Waals surface area (Å²) in [6.45, 7) is 2.30. The molecule has 0 spiro atoms. The molecular formula is C25H23NO6. The SMILES string of the molecule is CCOc1ccccc1NC(=O)C(OC(=O)C1COc2ccccc2O1)c1ccccc1. The molecule has 0 saturated heterocycles. The van der Waals surface area contributed by atoms with Gasteiger partial charge in [-0.25, -0.2) is 4.79 Å². The lowest BCUT2D eigenvalue weighted by molar-refractivity contribution is -0.164. The largest absolute Gasteiger partial charge is 0.492 e. The van der Waals surface area contributed by atoms with E-state index >= 15 is 0 Å². The maximum absolute atomic E-state index is 13.2. The second-order valence-electron chi connectivity index (χ2n) is 7.01. The van der Waals surface area contributed by atoms with Gasteiger partial charge in [0.2, 0.25) is 12.2 Å². The molecule has 2 atom stereocenters. The summed E-state index contributed by atoms with van der Waals surface area (Å²) >= 11 is 0. The summed E-state index contributed by atoms with van der Waals surface area (Å²) in [6, 6.07) is 23.0. The topological polar surface area (TPSA) is 83.1 Å². The number of ether oxygens (including phenoxy) is 4. The van der Waals surface area contributed by atoms with Crippen molar-refractivity contribution in [2.24, 2.45) is 0 Å². The Kier molecular flexibility index (Phi) is 6.55. The van der Waals surface area contributed by atoms with Gasteiger partial charge < -0.3 is 24.3 Å². The van der Waals surface area contributed by atoms with Crippen LogP contribution in [0.1, 0.15) is 18.6 Å². The second kappa shape index (κ2) is 9.87. The molecule has 164 valence electrons. The van der Waals surface area contributed by atoms with Crippen LogP contribution < -0.4 is 19.5 Å². The number of benzene rings is 3. The Hall–Kier alpha value is -4.00.